The third kappa shape index (κ3) is 6.00. The van der Waals surface area contributed by atoms with Crippen LogP contribution < -0.4 is 10.1 Å². The van der Waals surface area contributed by atoms with Gasteiger partial charge in [-0.05, 0) is 43.5 Å². The van der Waals surface area contributed by atoms with Crippen LogP contribution in [0.25, 0.3) is 0 Å². The fourth-order valence-electron chi connectivity index (χ4n) is 1.65. The first-order valence-electron chi connectivity index (χ1n) is 6.61. The summed E-state index contributed by atoms with van der Waals surface area (Å²) in [6.07, 6.45) is 2.69. The van der Waals surface area contributed by atoms with Crippen LogP contribution in [0.4, 0.5) is 0 Å². The van der Waals surface area contributed by atoms with Crippen molar-refractivity contribution in [1.29, 1.82) is 0 Å². The number of nitrogens with one attached hydrogen (secondary N) is 1. The van der Waals surface area contributed by atoms with Crippen LogP contribution in [0.1, 0.15) is 31.7 Å². The molecule has 0 spiro atoms. The molecule has 0 aliphatic carbocycles. The van der Waals surface area contributed by atoms with Crippen molar-refractivity contribution >= 4 is 23.2 Å². The van der Waals surface area contributed by atoms with E-state index in [1.165, 1.54) is 0 Å². The van der Waals surface area contributed by atoms with E-state index in [4.69, 9.17) is 33.0 Å². The minimum absolute atomic E-state index is 0.239. The summed E-state index contributed by atoms with van der Waals surface area (Å²) < 4.78 is 5.52. The number of aliphatic hydroxyl groups is 1. The average Bonchev–Trinajstić information content (AvgIpc) is 2.38. The summed E-state index contributed by atoms with van der Waals surface area (Å²) >= 11 is 12.3. The second kappa shape index (κ2) is 9.43. The number of benzene rings is 1. The van der Waals surface area contributed by atoms with Gasteiger partial charge in [-0.2, -0.15) is 0 Å². The molecule has 0 fully saturated rings. The Morgan fingerprint density at radius 1 is 1.21 bits per heavy atom. The lowest BCUT2D eigenvalue weighted by Crippen LogP contribution is -2.15. The molecule has 5 heteroatoms. The monoisotopic (exact) mass is 305 g/mol. The van der Waals surface area contributed by atoms with Gasteiger partial charge in [-0.3, -0.25) is 0 Å². The summed E-state index contributed by atoms with van der Waals surface area (Å²) in [6.45, 7) is 4.45. The molecule has 0 saturated carbocycles. The average molecular weight is 306 g/mol. The molecule has 0 heterocycles. The highest BCUT2D eigenvalue weighted by molar-refractivity contribution is 6.37. The predicted molar refractivity (Wildman–Crippen MR) is 80.3 cm³/mol. The highest BCUT2D eigenvalue weighted by atomic mass is 35.5. The Balaban J connectivity index is 2.52. The number of rotatable bonds is 9. The van der Waals surface area contributed by atoms with Crippen molar-refractivity contribution < 1.29 is 9.84 Å². The van der Waals surface area contributed by atoms with E-state index in [1.54, 1.807) is 0 Å². The van der Waals surface area contributed by atoms with Crippen molar-refractivity contribution in [3.05, 3.63) is 27.7 Å². The van der Waals surface area contributed by atoms with Crippen LogP contribution in [0.2, 0.25) is 10.0 Å². The molecule has 0 atom stereocenters. The fraction of sp³-hybridized carbons (Fsp3) is 0.571. The molecule has 0 aliphatic rings. The lowest BCUT2D eigenvalue weighted by atomic mass is 10.2. The third-order valence-corrected chi connectivity index (χ3v) is 3.16. The molecule has 1 aromatic carbocycles. The predicted octanol–water partition coefficient (Wildman–Crippen LogP) is 3.64. The fourth-order valence-corrected chi connectivity index (χ4v) is 2.29. The molecule has 0 amide bonds. The Morgan fingerprint density at radius 3 is 2.47 bits per heavy atom. The molecule has 19 heavy (non-hydrogen) atoms. The summed E-state index contributed by atoms with van der Waals surface area (Å²) in [5.41, 5.74) is 1.03. The Hall–Kier alpha value is -0.480. The first-order chi connectivity index (χ1) is 9.19. The van der Waals surface area contributed by atoms with Gasteiger partial charge in [0.1, 0.15) is 0 Å². The van der Waals surface area contributed by atoms with Gasteiger partial charge in [-0.15, -0.1) is 0 Å². The van der Waals surface area contributed by atoms with Gasteiger partial charge in [0.25, 0.3) is 0 Å². The minimum Gasteiger partial charge on any atom is -0.490 e. The van der Waals surface area contributed by atoms with E-state index >= 15 is 0 Å². The van der Waals surface area contributed by atoms with Crippen LogP contribution in [-0.2, 0) is 6.54 Å². The maximum absolute atomic E-state index is 8.68. The van der Waals surface area contributed by atoms with Crippen molar-refractivity contribution in [3.8, 4) is 5.75 Å². The number of hydrogen-bond donors (Lipinski definition) is 2. The quantitative estimate of drug-likeness (QED) is 0.684. The standard InChI is InChI=1S/C14H21Cl2NO2/c1-2-7-19-14-12(15)8-11(9-13(14)16)10-17-5-3-4-6-18/h8-9,17-18H,2-7,10H2,1H3. The molecule has 1 aromatic rings. The molecule has 2 N–H and O–H groups in total. The van der Waals surface area contributed by atoms with Crippen LogP contribution in [0.5, 0.6) is 5.75 Å². The third-order valence-electron chi connectivity index (χ3n) is 2.60. The number of ether oxygens (including phenoxy) is 1. The van der Waals surface area contributed by atoms with Gasteiger partial charge >= 0.3 is 0 Å². The van der Waals surface area contributed by atoms with Crippen LogP contribution in [-0.4, -0.2) is 24.9 Å². The summed E-state index contributed by atoms with van der Waals surface area (Å²) in [5.74, 6) is 0.564. The van der Waals surface area contributed by atoms with Gasteiger partial charge < -0.3 is 15.2 Å². The summed E-state index contributed by atoms with van der Waals surface area (Å²) in [4.78, 5) is 0. The molecule has 0 radical (unpaired) electrons. The van der Waals surface area contributed by atoms with Gasteiger partial charge in [0, 0.05) is 13.2 Å². The zero-order chi connectivity index (χ0) is 14.1. The van der Waals surface area contributed by atoms with Crippen molar-refractivity contribution in [2.75, 3.05) is 19.8 Å². The van der Waals surface area contributed by atoms with E-state index in [-0.39, 0.29) is 6.61 Å². The maximum atomic E-state index is 8.68. The summed E-state index contributed by atoms with van der Waals surface area (Å²) in [6, 6.07) is 3.74. The second-order valence-corrected chi connectivity index (χ2v) is 5.16. The molecule has 0 aliphatic heterocycles. The van der Waals surface area contributed by atoms with Crippen molar-refractivity contribution in [2.24, 2.45) is 0 Å². The Morgan fingerprint density at radius 2 is 1.89 bits per heavy atom. The maximum Gasteiger partial charge on any atom is 0.156 e. The normalized spacial score (nSPS) is 10.7. The smallest absolute Gasteiger partial charge is 0.156 e. The van der Waals surface area contributed by atoms with E-state index in [1.807, 2.05) is 19.1 Å². The first-order valence-corrected chi connectivity index (χ1v) is 7.37. The van der Waals surface area contributed by atoms with Gasteiger partial charge in [0.05, 0.1) is 16.7 Å². The Kier molecular flexibility index (Phi) is 8.22. The highest BCUT2D eigenvalue weighted by Crippen LogP contribution is 2.34. The summed E-state index contributed by atoms with van der Waals surface area (Å²) in [7, 11) is 0. The first kappa shape index (κ1) is 16.6. The minimum atomic E-state index is 0.239. The molecule has 1 rings (SSSR count). The van der Waals surface area contributed by atoms with E-state index < -0.39 is 0 Å². The van der Waals surface area contributed by atoms with Crippen LogP contribution in [0, 0.1) is 0 Å². The SMILES string of the molecule is CCCOc1c(Cl)cc(CNCCCCO)cc1Cl. The van der Waals surface area contributed by atoms with Crippen molar-refractivity contribution in [3.63, 3.8) is 0 Å². The van der Waals surface area contributed by atoms with E-state index in [9.17, 15) is 0 Å². The Bertz CT molecular complexity index is 363. The number of halogens is 2. The second-order valence-electron chi connectivity index (χ2n) is 4.34. The molecule has 0 unspecified atom stereocenters. The van der Waals surface area contributed by atoms with Crippen molar-refractivity contribution in [1.82, 2.24) is 5.32 Å². The topological polar surface area (TPSA) is 41.5 Å². The van der Waals surface area contributed by atoms with Crippen LogP contribution >= 0.6 is 23.2 Å². The largest absolute Gasteiger partial charge is 0.490 e. The zero-order valence-corrected chi connectivity index (χ0v) is 12.7. The zero-order valence-electron chi connectivity index (χ0n) is 11.2. The van der Waals surface area contributed by atoms with E-state index in [0.29, 0.717) is 28.9 Å². The van der Waals surface area contributed by atoms with E-state index in [0.717, 1.165) is 31.4 Å². The van der Waals surface area contributed by atoms with Gasteiger partial charge in [0.2, 0.25) is 0 Å². The van der Waals surface area contributed by atoms with Crippen molar-refractivity contribution in [2.45, 2.75) is 32.7 Å². The van der Waals surface area contributed by atoms with Gasteiger partial charge in [0.15, 0.2) is 5.75 Å². The molecular weight excluding hydrogens is 285 g/mol. The molecule has 0 bridgehead atoms. The van der Waals surface area contributed by atoms with Crippen LogP contribution in [0.3, 0.4) is 0 Å². The number of aliphatic hydroxyl groups excluding tert-OH is 1. The Labute approximate surface area is 124 Å². The highest BCUT2D eigenvalue weighted by Gasteiger charge is 2.09. The molecule has 3 nitrogen and oxygen atoms in total. The van der Waals surface area contributed by atoms with Gasteiger partial charge in [-0.1, -0.05) is 30.1 Å². The number of hydrogen-bond acceptors (Lipinski definition) is 3. The van der Waals surface area contributed by atoms with E-state index in [2.05, 4.69) is 5.32 Å². The number of unbranched alkanes of at least 4 members (excludes halogenated alkanes) is 1. The summed E-state index contributed by atoms with van der Waals surface area (Å²) in [5, 5.41) is 13.1. The molecule has 108 valence electrons. The van der Waals surface area contributed by atoms with Gasteiger partial charge in [-0.25, -0.2) is 0 Å². The van der Waals surface area contributed by atoms with Crippen LogP contribution in [0.15, 0.2) is 12.1 Å². The lowest BCUT2D eigenvalue weighted by molar-refractivity contribution is 0.283. The lowest BCUT2D eigenvalue weighted by Gasteiger charge is -2.11. The molecule has 0 saturated heterocycles. The molecular formula is C14H21Cl2NO2. The molecule has 0 aromatic heterocycles.